The van der Waals surface area contributed by atoms with E-state index in [1.165, 1.54) is 11.8 Å². The fourth-order valence-electron chi connectivity index (χ4n) is 1.79. The number of amides is 1. The molecule has 1 amide bonds. The normalized spacial score (nSPS) is 10.8. The maximum atomic E-state index is 12.5. The first kappa shape index (κ1) is 16.6. The Kier molecular flexibility index (Phi) is 5.25. The number of hydrogen-bond acceptors (Lipinski definition) is 5. The fraction of sp³-hybridized carbons (Fsp3) is 0.308. The molecule has 2 aromatic rings. The van der Waals surface area contributed by atoms with E-state index in [1.54, 1.807) is 25.1 Å². The minimum absolute atomic E-state index is 0.0292. The predicted octanol–water partition coefficient (Wildman–Crippen LogP) is 4.29. The minimum atomic E-state index is -2.70. The second kappa shape index (κ2) is 6.97. The Morgan fingerprint density at radius 3 is 2.73 bits per heavy atom. The van der Waals surface area contributed by atoms with Crippen LogP contribution in [0.15, 0.2) is 18.2 Å². The van der Waals surface area contributed by atoms with E-state index in [0.29, 0.717) is 34.3 Å². The zero-order valence-corrected chi connectivity index (χ0v) is 13.3. The summed E-state index contributed by atoms with van der Waals surface area (Å²) >= 11 is 6.60. The molecule has 1 aromatic carbocycles. The number of ether oxygens (including phenoxy) is 1. The maximum Gasteiger partial charge on any atom is 0.299 e. The highest BCUT2D eigenvalue weighted by molar-refractivity contribution is 7.13. The van der Waals surface area contributed by atoms with E-state index < -0.39 is 11.4 Å². The largest absolute Gasteiger partial charge is 0.428 e. The van der Waals surface area contributed by atoms with Gasteiger partial charge in [-0.2, -0.15) is 0 Å². The van der Waals surface area contributed by atoms with Gasteiger partial charge in [-0.05, 0) is 25.1 Å². The monoisotopic (exact) mass is 347 g/mol. The summed E-state index contributed by atoms with van der Waals surface area (Å²) in [5.74, 6) is 0.0959. The lowest BCUT2D eigenvalue weighted by Crippen LogP contribution is -2.28. The zero-order valence-electron chi connectivity index (χ0n) is 11.7. The third-order valence-corrected chi connectivity index (χ3v) is 3.76. The van der Waals surface area contributed by atoms with Gasteiger partial charge in [0.25, 0.3) is 11.6 Å². The molecule has 0 spiro atoms. The lowest BCUT2D eigenvalue weighted by molar-refractivity contribution is -0.116. The molecule has 5 nitrogen and oxygen atoms in total. The molecule has 0 unspecified atom stereocenters. The molecule has 0 N–H and O–H groups in total. The van der Waals surface area contributed by atoms with E-state index in [0.717, 1.165) is 0 Å². The van der Waals surface area contributed by atoms with Crippen LogP contribution >= 0.6 is 22.9 Å². The first-order chi connectivity index (χ1) is 10.4. The molecule has 2 rings (SSSR count). The first-order valence-electron chi connectivity index (χ1n) is 6.29. The van der Waals surface area contributed by atoms with Crippen molar-refractivity contribution in [3.8, 4) is 10.9 Å². The summed E-state index contributed by atoms with van der Waals surface area (Å²) in [6.45, 7) is 3.62. The highest BCUT2D eigenvalue weighted by atomic mass is 35.5. The summed E-state index contributed by atoms with van der Waals surface area (Å²) in [5, 5.41) is 6.87. The van der Waals surface area contributed by atoms with Gasteiger partial charge >= 0.3 is 0 Å². The van der Waals surface area contributed by atoms with Gasteiger partial charge < -0.3 is 9.64 Å². The molecule has 0 saturated carbocycles. The number of halogens is 3. The van der Waals surface area contributed by atoms with Gasteiger partial charge in [0.1, 0.15) is 0 Å². The Balaban J connectivity index is 2.35. The number of aromatic nitrogens is 2. The van der Waals surface area contributed by atoms with Gasteiger partial charge in [0.2, 0.25) is 5.91 Å². The van der Waals surface area contributed by atoms with Crippen LogP contribution in [0.4, 0.5) is 14.5 Å². The molecule has 0 bridgehead atoms. The first-order valence-corrected chi connectivity index (χ1v) is 7.48. The van der Waals surface area contributed by atoms with Crippen molar-refractivity contribution in [3.05, 3.63) is 28.2 Å². The van der Waals surface area contributed by atoms with Gasteiger partial charge in [0.05, 0.1) is 5.69 Å². The van der Waals surface area contributed by atoms with Gasteiger partial charge in [-0.15, -0.1) is 5.10 Å². The smallest absolute Gasteiger partial charge is 0.299 e. The van der Waals surface area contributed by atoms with E-state index in [4.69, 9.17) is 16.3 Å². The molecule has 1 aromatic heterocycles. The lowest BCUT2D eigenvalue weighted by Gasteiger charge is -2.21. The van der Waals surface area contributed by atoms with Gasteiger partial charge in [-0.1, -0.05) is 28.0 Å². The van der Waals surface area contributed by atoms with Crippen molar-refractivity contribution in [1.29, 1.82) is 0 Å². The van der Waals surface area contributed by atoms with Crippen molar-refractivity contribution >= 4 is 34.5 Å². The highest BCUT2D eigenvalue weighted by Gasteiger charge is 2.19. The average molecular weight is 348 g/mol. The zero-order chi connectivity index (χ0) is 16.3. The standard InChI is InChI=1S/C13H12ClF2N3O2S/c1-3-19(7(2)20)9-6-8(14)4-5-10(9)21-13-18-17-12(22-13)11(15)16/h4-6,11H,3H2,1-2H3. The molecule has 0 aliphatic heterocycles. The van der Waals surface area contributed by atoms with Gasteiger partial charge in [0, 0.05) is 18.5 Å². The van der Waals surface area contributed by atoms with Crippen LogP contribution in [0.3, 0.4) is 0 Å². The second-order valence-corrected chi connectivity index (χ2v) is 5.59. The topological polar surface area (TPSA) is 55.3 Å². The van der Waals surface area contributed by atoms with E-state index in [-0.39, 0.29) is 11.1 Å². The van der Waals surface area contributed by atoms with Crippen molar-refractivity contribution in [1.82, 2.24) is 10.2 Å². The summed E-state index contributed by atoms with van der Waals surface area (Å²) < 4.78 is 30.5. The van der Waals surface area contributed by atoms with Crippen molar-refractivity contribution in [2.75, 3.05) is 11.4 Å². The molecule has 118 valence electrons. The number of carbonyl (C=O) groups excluding carboxylic acids is 1. The third-order valence-electron chi connectivity index (χ3n) is 2.71. The molecule has 0 saturated heterocycles. The fourth-order valence-corrected chi connectivity index (χ4v) is 2.52. The van der Waals surface area contributed by atoms with Crippen LogP contribution in [0.2, 0.25) is 5.02 Å². The summed E-state index contributed by atoms with van der Waals surface area (Å²) in [7, 11) is 0. The molecule has 0 fully saturated rings. The molecule has 0 aliphatic carbocycles. The predicted molar refractivity (Wildman–Crippen MR) is 80.1 cm³/mol. The quantitative estimate of drug-likeness (QED) is 0.809. The lowest BCUT2D eigenvalue weighted by atomic mass is 10.2. The van der Waals surface area contributed by atoms with Crippen molar-refractivity contribution < 1.29 is 18.3 Å². The van der Waals surface area contributed by atoms with Crippen LogP contribution in [-0.2, 0) is 4.79 Å². The number of anilines is 1. The maximum absolute atomic E-state index is 12.5. The van der Waals surface area contributed by atoms with E-state index >= 15 is 0 Å². The Bertz CT molecular complexity index is 681. The van der Waals surface area contributed by atoms with Crippen molar-refractivity contribution in [3.63, 3.8) is 0 Å². The average Bonchev–Trinajstić information content (AvgIpc) is 2.91. The van der Waals surface area contributed by atoms with E-state index in [2.05, 4.69) is 10.2 Å². The second-order valence-electron chi connectivity index (χ2n) is 4.18. The van der Waals surface area contributed by atoms with Crippen LogP contribution in [0.1, 0.15) is 25.3 Å². The molecular formula is C13H12ClF2N3O2S. The Hall–Kier alpha value is -1.80. The SMILES string of the molecule is CCN(C(C)=O)c1cc(Cl)ccc1Oc1nnc(C(F)F)s1. The highest BCUT2D eigenvalue weighted by Crippen LogP contribution is 2.37. The minimum Gasteiger partial charge on any atom is -0.428 e. The van der Waals surface area contributed by atoms with Crippen LogP contribution < -0.4 is 9.64 Å². The van der Waals surface area contributed by atoms with Gasteiger partial charge in [-0.25, -0.2) is 8.78 Å². The van der Waals surface area contributed by atoms with Gasteiger partial charge in [0.15, 0.2) is 10.8 Å². The van der Waals surface area contributed by atoms with Crippen LogP contribution in [-0.4, -0.2) is 22.6 Å². The molecule has 0 atom stereocenters. The van der Waals surface area contributed by atoms with Gasteiger partial charge in [-0.3, -0.25) is 4.79 Å². The number of hydrogen-bond donors (Lipinski definition) is 0. The van der Waals surface area contributed by atoms with Crippen molar-refractivity contribution in [2.24, 2.45) is 0 Å². The summed E-state index contributed by atoms with van der Waals surface area (Å²) in [4.78, 5) is 13.1. The van der Waals surface area contributed by atoms with Crippen molar-refractivity contribution in [2.45, 2.75) is 20.3 Å². The molecule has 9 heteroatoms. The number of rotatable bonds is 5. The molecular weight excluding hydrogens is 336 g/mol. The van der Waals surface area contributed by atoms with Crippen LogP contribution in [0.5, 0.6) is 10.9 Å². The van der Waals surface area contributed by atoms with E-state index in [9.17, 15) is 13.6 Å². The Morgan fingerprint density at radius 2 is 2.18 bits per heavy atom. The molecule has 0 aliphatic rings. The molecule has 0 radical (unpaired) electrons. The van der Waals surface area contributed by atoms with E-state index in [1.807, 2.05) is 0 Å². The third kappa shape index (κ3) is 3.69. The number of nitrogens with zero attached hydrogens (tertiary/aromatic N) is 3. The van der Waals surface area contributed by atoms with Crippen LogP contribution in [0.25, 0.3) is 0 Å². The molecule has 1 heterocycles. The van der Waals surface area contributed by atoms with Crippen LogP contribution in [0, 0.1) is 0 Å². The molecule has 22 heavy (non-hydrogen) atoms. The Morgan fingerprint density at radius 1 is 1.45 bits per heavy atom. The summed E-state index contributed by atoms with van der Waals surface area (Å²) in [6.07, 6.45) is -2.70. The summed E-state index contributed by atoms with van der Waals surface area (Å²) in [6, 6.07) is 4.69. The number of alkyl halides is 2. The number of benzene rings is 1. The Labute approximate surface area is 134 Å². The summed E-state index contributed by atoms with van der Waals surface area (Å²) in [5.41, 5.74) is 0.441. The number of carbonyl (C=O) groups is 1.